The Kier molecular flexibility index (Phi) is 8.96. The van der Waals surface area contributed by atoms with Crippen molar-refractivity contribution in [2.24, 2.45) is 5.92 Å². The number of benzene rings is 3. The monoisotopic (exact) mass is 585 g/mol. The molecule has 226 valence electrons. The quantitative estimate of drug-likeness (QED) is 0.235. The van der Waals surface area contributed by atoms with Gasteiger partial charge in [-0.25, -0.2) is 8.78 Å². The first-order valence-electron chi connectivity index (χ1n) is 15.5. The highest BCUT2D eigenvalue weighted by Gasteiger charge is 2.41. The van der Waals surface area contributed by atoms with Gasteiger partial charge >= 0.3 is 0 Å². The fourth-order valence-corrected chi connectivity index (χ4v) is 6.90. The van der Waals surface area contributed by atoms with Gasteiger partial charge in [0, 0.05) is 50.9 Å². The molecule has 1 saturated carbocycles. The highest BCUT2D eigenvalue weighted by Crippen LogP contribution is 2.49. The number of hydrogen-bond donors (Lipinski definition) is 0. The second kappa shape index (κ2) is 13.0. The molecule has 4 nitrogen and oxygen atoms in total. The molecule has 6 heteroatoms. The van der Waals surface area contributed by atoms with Gasteiger partial charge in [0.15, 0.2) is 6.29 Å². The minimum Gasteiger partial charge on any atom is -0.489 e. The van der Waals surface area contributed by atoms with Gasteiger partial charge < -0.3 is 19.1 Å². The van der Waals surface area contributed by atoms with Gasteiger partial charge in [-0.15, -0.1) is 0 Å². The number of rotatable bonds is 9. The Labute approximate surface area is 254 Å². The normalized spacial score (nSPS) is 18.7. The van der Waals surface area contributed by atoms with Gasteiger partial charge in [0.25, 0.3) is 5.92 Å². The standard InChI is InChI=1S/C37H41F2NO3/c1-41-36(42-2)29-18-20-40(21-19-29)31-14-12-28(13-15-31)35-30(22-26-8-6-7-9-26)24-37(38,39)34-23-32(16-17-33(34)35)43-25-27-10-4-3-5-11-27/h3-5,10-17,22-23,29,36H,6-9,18-21,24-25H2,1-2H3. The smallest absolute Gasteiger partial charge is 0.277 e. The van der Waals surface area contributed by atoms with E-state index >= 15 is 8.78 Å². The summed E-state index contributed by atoms with van der Waals surface area (Å²) in [5.41, 5.74) is 6.66. The topological polar surface area (TPSA) is 30.9 Å². The molecule has 3 aromatic rings. The number of hydrogen-bond acceptors (Lipinski definition) is 4. The number of halogens is 2. The van der Waals surface area contributed by atoms with E-state index in [9.17, 15) is 0 Å². The Morgan fingerprint density at radius 2 is 1.60 bits per heavy atom. The van der Waals surface area contributed by atoms with Crippen LogP contribution < -0.4 is 9.64 Å². The molecular formula is C37H41F2NO3. The Balaban J connectivity index is 1.30. The van der Waals surface area contributed by atoms with Crippen molar-refractivity contribution in [2.45, 2.75) is 63.8 Å². The second-order valence-electron chi connectivity index (χ2n) is 12.0. The van der Waals surface area contributed by atoms with Crippen LogP contribution in [0.5, 0.6) is 5.75 Å². The molecule has 0 amide bonds. The van der Waals surface area contributed by atoms with Crippen LogP contribution in [0.3, 0.4) is 0 Å². The first kappa shape index (κ1) is 29.6. The minimum absolute atomic E-state index is 0.0404. The molecule has 0 radical (unpaired) electrons. The summed E-state index contributed by atoms with van der Waals surface area (Å²) in [4.78, 5) is 2.39. The highest BCUT2D eigenvalue weighted by molar-refractivity contribution is 5.88. The van der Waals surface area contributed by atoms with E-state index in [-0.39, 0.29) is 18.3 Å². The third kappa shape index (κ3) is 6.56. The molecule has 2 fully saturated rings. The largest absolute Gasteiger partial charge is 0.489 e. The van der Waals surface area contributed by atoms with Gasteiger partial charge in [0.05, 0.1) is 0 Å². The third-order valence-electron chi connectivity index (χ3n) is 9.17. The van der Waals surface area contributed by atoms with Crippen molar-refractivity contribution < 1.29 is 23.0 Å². The lowest BCUT2D eigenvalue weighted by atomic mass is 9.79. The van der Waals surface area contributed by atoms with E-state index < -0.39 is 5.92 Å². The van der Waals surface area contributed by atoms with Crippen molar-refractivity contribution >= 4 is 11.3 Å². The Morgan fingerprint density at radius 1 is 0.907 bits per heavy atom. The molecule has 3 aliphatic rings. The zero-order valence-electron chi connectivity index (χ0n) is 25.2. The number of nitrogens with zero attached hydrogens (tertiary/aromatic N) is 1. The van der Waals surface area contributed by atoms with Crippen molar-refractivity contribution in [3.63, 3.8) is 0 Å². The molecule has 1 heterocycles. The zero-order valence-corrected chi connectivity index (χ0v) is 25.2. The number of anilines is 1. The van der Waals surface area contributed by atoms with Gasteiger partial charge in [-0.1, -0.05) is 60.2 Å². The average molecular weight is 586 g/mol. The summed E-state index contributed by atoms with van der Waals surface area (Å²) in [6, 6.07) is 23.5. The summed E-state index contributed by atoms with van der Waals surface area (Å²) in [7, 11) is 3.39. The second-order valence-corrected chi connectivity index (χ2v) is 12.0. The molecule has 0 bridgehead atoms. The van der Waals surface area contributed by atoms with E-state index in [4.69, 9.17) is 14.2 Å². The lowest BCUT2D eigenvalue weighted by Gasteiger charge is -2.36. The maximum atomic E-state index is 15.9. The van der Waals surface area contributed by atoms with Crippen molar-refractivity contribution in [2.75, 3.05) is 32.2 Å². The predicted molar refractivity (Wildman–Crippen MR) is 167 cm³/mol. The maximum absolute atomic E-state index is 15.9. The van der Waals surface area contributed by atoms with Gasteiger partial charge in [-0.3, -0.25) is 0 Å². The van der Waals surface area contributed by atoms with Gasteiger partial charge in [0.1, 0.15) is 12.4 Å². The van der Waals surface area contributed by atoms with Crippen LogP contribution in [0.15, 0.2) is 90.0 Å². The summed E-state index contributed by atoms with van der Waals surface area (Å²) in [5, 5.41) is 0. The van der Waals surface area contributed by atoms with E-state index in [1.165, 1.54) is 5.57 Å². The van der Waals surface area contributed by atoms with Crippen molar-refractivity contribution in [1.82, 2.24) is 0 Å². The maximum Gasteiger partial charge on any atom is 0.277 e. The van der Waals surface area contributed by atoms with Crippen LogP contribution in [0.25, 0.3) is 5.57 Å². The Hall–Kier alpha value is -3.48. The van der Waals surface area contributed by atoms with Crippen LogP contribution in [0.4, 0.5) is 14.5 Å². The average Bonchev–Trinajstić information content (AvgIpc) is 3.55. The first-order chi connectivity index (χ1) is 20.9. The summed E-state index contributed by atoms with van der Waals surface area (Å²) >= 11 is 0. The molecule has 43 heavy (non-hydrogen) atoms. The van der Waals surface area contributed by atoms with Crippen LogP contribution >= 0.6 is 0 Å². The summed E-state index contributed by atoms with van der Waals surface area (Å²) in [6.07, 6.45) is 7.82. The number of fused-ring (bicyclic) bond motifs is 1. The van der Waals surface area contributed by atoms with E-state index in [2.05, 4.69) is 35.2 Å². The zero-order chi connectivity index (χ0) is 29.8. The number of ether oxygens (including phenoxy) is 3. The molecule has 6 rings (SSSR count). The summed E-state index contributed by atoms with van der Waals surface area (Å²) in [5.74, 6) is -2.14. The van der Waals surface area contributed by atoms with E-state index in [1.54, 1.807) is 20.3 Å². The van der Waals surface area contributed by atoms with Crippen molar-refractivity contribution in [1.29, 1.82) is 0 Å². The number of piperidine rings is 1. The van der Waals surface area contributed by atoms with E-state index in [0.717, 1.165) is 79.6 Å². The van der Waals surface area contributed by atoms with Gasteiger partial charge in [-0.2, -0.15) is 0 Å². The fourth-order valence-electron chi connectivity index (χ4n) is 6.90. The van der Waals surface area contributed by atoms with Crippen LogP contribution in [-0.4, -0.2) is 33.6 Å². The lowest BCUT2D eigenvalue weighted by molar-refractivity contribution is -0.141. The molecule has 1 saturated heterocycles. The van der Waals surface area contributed by atoms with Gasteiger partial charge in [-0.05, 0) is 90.6 Å². The van der Waals surface area contributed by atoms with Crippen molar-refractivity contribution in [3.8, 4) is 5.75 Å². The van der Waals surface area contributed by atoms with Crippen LogP contribution in [0, 0.1) is 5.92 Å². The summed E-state index contributed by atoms with van der Waals surface area (Å²) in [6.45, 7) is 2.18. The molecule has 0 spiro atoms. The fraction of sp³-hybridized carbons (Fsp3) is 0.405. The van der Waals surface area contributed by atoms with E-state index in [0.29, 0.717) is 23.8 Å². The molecule has 1 aliphatic heterocycles. The molecule has 0 N–H and O–H groups in total. The van der Waals surface area contributed by atoms with Crippen LogP contribution in [0.2, 0.25) is 0 Å². The SMILES string of the molecule is COC(OC)C1CCN(c2ccc(C3=C(C=C4CCCC4)CC(F)(F)c4cc(OCc5ccccc5)ccc43)cc2)CC1. The predicted octanol–water partition coefficient (Wildman–Crippen LogP) is 8.90. The highest BCUT2D eigenvalue weighted by atomic mass is 19.3. The number of allylic oxidation sites excluding steroid dienone is 3. The first-order valence-corrected chi connectivity index (χ1v) is 15.5. The minimum atomic E-state index is -2.98. The lowest BCUT2D eigenvalue weighted by Crippen LogP contribution is -2.39. The Morgan fingerprint density at radius 3 is 2.28 bits per heavy atom. The molecule has 2 aliphatic carbocycles. The number of methoxy groups -OCH3 is 2. The molecule has 0 aromatic heterocycles. The van der Waals surface area contributed by atoms with Crippen LogP contribution in [0.1, 0.15) is 67.2 Å². The van der Waals surface area contributed by atoms with Crippen LogP contribution in [-0.2, 0) is 22.0 Å². The summed E-state index contributed by atoms with van der Waals surface area (Å²) < 4.78 is 48.7. The number of alkyl halides is 2. The van der Waals surface area contributed by atoms with Gasteiger partial charge in [0.2, 0.25) is 0 Å². The van der Waals surface area contributed by atoms with E-state index in [1.807, 2.05) is 42.5 Å². The third-order valence-corrected chi connectivity index (χ3v) is 9.17. The molecule has 0 atom stereocenters. The molecular weight excluding hydrogens is 544 g/mol. The molecule has 0 unspecified atom stereocenters. The molecule has 3 aromatic carbocycles. The Bertz CT molecular complexity index is 1440. The van der Waals surface area contributed by atoms with Crippen molar-refractivity contribution in [3.05, 3.63) is 112 Å².